The molecule has 1 aliphatic carbocycles. The summed E-state index contributed by atoms with van der Waals surface area (Å²) in [5.74, 6) is 1.81. The Morgan fingerprint density at radius 1 is 1.17 bits per heavy atom. The number of rotatable bonds is 6. The third-order valence-corrected chi connectivity index (χ3v) is 10.5. The van der Waals surface area contributed by atoms with E-state index in [1.807, 2.05) is 23.9 Å². The normalized spacial score (nSPS) is 29.8. The maximum absolute atomic E-state index is 14.5. The molecule has 7 heterocycles. The number of piperazine rings is 1. The second kappa shape index (κ2) is 9.67. The lowest BCUT2D eigenvalue weighted by atomic mass is 9.95. The first-order valence-corrected chi connectivity index (χ1v) is 15.6. The summed E-state index contributed by atoms with van der Waals surface area (Å²) in [6.45, 7) is 3.64. The van der Waals surface area contributed by atoms with Gasteiger partial charge >= 0.3 is 6.01 Å². The quantitative estimate of drug-likeness (QED) is 0.442. The standard InChI is InChI=1S/C30H38ClFN8O/c1-38-26(17-6-7-17)25(27(33)37-38)21-11-24-22(10-23(21)31)28(40-15-19-4-2-5-20(40)13-34-19)36-29(35-24)41-16-30-8-3-9-39(30)14-18(32)12-30/h10-11,17-20,34H,2-9,12-16H2,1H3,(H2,33,37)/t18-,19?,20?,30+/m1/s1. The highest BCUT2D eigenvalue weighted by atomic mass is 35.5. The van der Waals surface area contributed by atoms with Crippen LogP contribution >= 0.6 is 11.6 Å². The van der Waals surface area contributed by atoms with Crippen molar-refractivity contribution in [3.05, 3.63) is 22.8 Å². The van der Waals surface area contributed by atoms with Gasteiger partial charge in [0.2, 0.25) is 0 Å². The smallest absolute Gasteiger partial charge is 0.319 e. The van der Waals surface area contributed by atoms with E-state index in [0.717, 1.165) is 91.7 Å². The van der Waals surface area contributed by atoms with E-state index < -0.39 is 6.17 Å². The predicted octanol–water partition coefficient (Wildman–Crippen LogP) is 4.43. The van der Waals surface area contributed by atoms with Gasteiger partial charge in [0, 0.05) is 72.6 Å². The number of ether oxygens (including phenoxy) is 1. The van der Waals surface area contributed by atoms with Crippen LogP contribution in [0.2, 0.25) is 5.02 Å². The Bertz CT molecular complexity index is 1510. The van der Waals surface area contributed by atoms with Crippen molar-refractivity contribution in [3.8, 4) is 17.1 Å². The minimum absolute atomic E-state index is 0.266. The Morgan fingerprint density at radius 3 is 2.90 bits per heavy atom. The average Bonchev–Trinajstić information content (AvgIpc) is 3.65. The van der Waals surface area contributed by atoms with Gasteiger partial charge in [-0.15, -0.1) is 0 Å². The van der Waals surface area contributed by atoms with E-state index in [1.54, 1.807) is 0 Å². The van der Waals surface area contributed by atoms with Gasteiger partial charge in [0.15, 0.2) is 5.82 Å². The molecular formula is C30H38ClFN8O. The van der Waals surface area contributed by atoms with Crippen LogP contribution in [0.4, 0.5) is 16.0 Å². The van der Waals surface area contributed by atoms with Gasteiger partial charge in [0.25, 0.3) is 0 Å². The van der Waals surface area contributed by atoms with E-state index in [0.29, 0.717) is 54.4 Å². The molecule has 9 rings (SSSR count). The summed E-state index contributed by atoms with van der Waals surface area (Å²) in [6, 6.07) is 5.16. The Labute approximate surface area is 244 Å². The topological polar surface area (TPSA) is 97.4 Å². The molecule has 1 aromatic carbocycles. The number of fused-ring (bicyclic) bond motifs is 6. The number of alkyl halides is 1. The zero-order chi connectivity index (χ0) is 27.9. The third-order valence-electron chi connectivity index (χ3n) is 10.2. The van der Waals surface area contributed by atoms with Crippen LogP contribution in [0.1, 0.15) is 63.0 Å². The number of nitrogens with two attached hydrogens (primary N) is 1. The molecule has 0 spiro atoms. The number of halogens is 2. The van der Waals surface area contributed by atoms with Crippen LogP contribution in [-0.4, -0.2) is 81.2 Å². The molecule has 2 aromatic heterocycles. The van der Waals surface area contributed by atoms with Crippen molar-refractivity contribution in [2.24, 2.45) is 7.05 Å². The van der Waals surface area contributed by atoms with Gasteiger partial charge in [-0.3, -0.25) is 9.58 Å². The van der Waals surface area contributed by atoms with Crippen LogP contribution in [0.25, 0.3) is 22.0 Å². The lowest BCUT2D eigenvalue weighted by Gasteiger charge is -2.39. The molecule has 0 amide bonds. The summed E-state index contributed by atoms with van der Waals surface area (Å²) in [4.78, 5) is 14.7. The Morgan fingerprint density at radius 2 is 2.05 bits per heavy atom. The van der Waals surface area contributed by atoms with Crippen molar-refractivity contribution >= 4 is 34.1 Å². The van der Waals surface area contributed by atoms with Crippen LogP contribution in [0.15, 0.2) is 12.1 Å². The molecule has 11 heteroatoms. The fraction of sp³-hybridized carbons (Fsp3) is 0.633. The van der Waals surface area contributed by atoms with Crippen molar-refractivity contribution in [2.75, 3.05) is 43.4 Å². The molecule has 6 aliphatic rings. The Balaban J connectivity index is 1.24. The third kappa shape index (κ3) is 4.36. The molecule has 1 saturated carbocycles. The van der Waals surface area contributed by atoms with Gasteiger partial charge in [0.1, 0.15) is 18.6 Å². The number of hydrogen-bond donors (Lipinski definition) is 2. The van der Waals surface area contributed by atoms with Crippen molar-refractivity contribution < 1.29 is 9.13 Å². The first-order chi connectivity index (χ1) is 19.9. The van der Waals surface area contributed by atoms with E-state index >= 15 is 0 Å². The summed E-state index contributed by atoms with van der Waals surface area (Å²) >= 11 is 7.05. The largest absolute Gasteiger partial charge is 0.461 e. The summed E-state index contributed by atoms with van der Waals surface area (Å²) < 4.78 is 22.8. The minimum atomic E-state index is -0.803. The number of nitrogens with zero attached hydrogens (tertiary/aromatic N) is 6. The molecule has 5 saturated heterocycles. The number of aromatic nitrogens is 4. The highest BCUT2D eigenvalue weighted by molar-refractivity contribution is 6.34. The molecule has 6 fully saturated rings. The number of hydrogen-bond acceptors (Lipinski definition) is 8. The first kappa shape index (κ1) is 26.0. The van der Waals surface area contributed by atoms with Crippen molar-refractivity contribution in [1.29, 1.82) is 0 Å². The van der Waals surface area contributed by atoms with E-state index in [4.69, 9.17) is 32.0 Å². The van der Waals surface area contributed by atoms with Crippen molar-refractivity contribution in [1.82, 2.24) is 30.0 Å². The van der Waals surface area contributed by atoms with Gasteiger partial charge < -0.3 is 20.7 Å². The second-order valence-corrected chi connectivity index (χ2v) is 13.3. The highest BCUT2D eigenvalue weighted by Gasteiger charge is 2.49. The molecular weight excluding hydrogens is 543 g/mol. The summed E-state index contributed by atoms with van der Waals surface area (Å²) in [6.07, 6.45) is 7.46. The number of aryl methyl sites for hydroxylation is 1. The maximum Gasteiger partial charge on any atom is 0.319 e. The number of anilines is 2. The van der Waals surface area contributed by atoms with E-state index in [2.05, 4.69) is 20.2 Å². The number of benzene rings is 1. The van der Waals surface area contributed by atoms with Gasteiger partial charge in [-0.25, -0.2) is 4.39 Å². The summed E-state index contributed by atoms with van der Waals surface area (Å²) in [5, 5.41) is 9.79. The Kier molecular flexibility index (Phi) is 6.13. The van der Waals surface area contributed by atoms with Crippen LogP contribution in [0, 0.1) is 0 Å². The van der Waals surface area contributed by atoms with Gasteiger partial charge in [0.05, 0.1) is 16.7 Å². The van der Waals surface area contributed by atoms with E-state index in [9.17, 15) is 4.39 Å². The van der Waals surface area contributed by atoms with Crippen molar-refractivity contribution in [2.45, 2.75) is 81.1 Å². The van der Waals surface area contributed by atoms with Gasteiger partial charge in [-0.05, 0) is 63.6 Å². The van der Waals surface area contributed by atoms with Crippen LogP contribution in [0.3, 0.4) is 0 Å². The molecule has 2 unspecified atom stereocenters. The maximum atomic E-state index is 14.5. The highest BCUT2D eigenvalue weighted by Crippen LogP contribution is 2.48. The zero-order valence-electron chi connectivity index (χ0n) is 23.6. The molecule has 2 bridgehead atoms. The van der Waals surface area contributed by atoms with Crippen LogP contribution in [0.5, 0.6) is 6.01 Å². The molecule has 218 valence electrons. The van der Waals surface area contributed by atoms with Crippen LogP contribution < -0.4 is 20.7 Å². The van der Waals surface area contributed by atoms with Crippen LogP contribution in [-0.2, 0) is 7.05 Å². The molecule has 4 atom stereocenters. The minimum Gasteiger partial charge on any atom is -0.461 e. The fourth-order valence-electron chi connectivity index (χ4n) is 8.07. The summed E-state index contributed by atoms with van der Waals surface area (Å²) in [5.41, 5.74) is 9.86. The van der Waals surface area contributed by atoms with E-state index in [-0.39, 0.29) is 5.54 Å². The van der Waals surface area contributed by atoms with Gasteiger partial charge in [-0.1, -0.05) is 11.6 Å². The fourth-order valence-corrected chi connectivity index (χ4v) is 8.33. The van der Waals surface area contributed by atoms with Gasteiger partial charge in [-0.2, -0.15) is 15.1 Å². The lowest BCUT2D eigenvalue weighted by Crippen LogP contribution is -2.54. The van der Waals surface area contributed by atoms with Crippen molar-refractivity contribution in [3.63, 3.8) is 0 Å². The molecule has 0 radical (unpaired) electrons. The SMILES string of the molecule is Cn1nc(N)c(-c2cc3nc(OC[C@@]45CCCN4C[C@H](F)C5)nc(N4CC5CCCC4CN5)c3cc2Cl)c1C1CC1. The molecule has 3 N–H and O–H groups in total. The van der Waals surface area contributed by atoms with E-state index in [1.165, 1.54) is 6.42 Å². The Hall–Kier alpha value is -2.69. The monoisotopic (exact) mass is 580 g/mol. The zero-order valence-corrected chi connectivity index (χ0v) is 24.3. The average molecular weight is 581 g/mol. The molecule has 41 heavy (non-hydrogen) atoms. The predicted molar refractivity (Wildman–Crippen MR) is 158 cm³/mol. The summed E-state index contributed by atoms with van der Waals surface area (Å²) in [7, 11) is 1.95. The second-order valence-electron chi connectivity index (χ2n) is 12.9. The molecule has 5 aliphatic heterocycles. The molecule has 9 nitrogen and oxygen atoms in total. The number of nitrogens with one attached hydrogen (secondary N) is 1. The lowest BCUT2D eigenvalue weighted by molar-refractivity contribution is 0.107. The number of nitrogen functional groups attached to an aromatic ring is 1. The first-order valence-electron chi connectivity index (χ1n) is 15.2. The molecule has 3 aromatic rings.